The summed E-state index contributed by atoms with van der Waals surface area (Å²) in [7, 11) is 1.82. The Labute approximate surface area is 78.0 Å². The Morgan fingerprint density at radius 2 is 2.15 bits per heavy atom. The molecule has 3 N–H and O–H groups in total. The summed E-state index contributed by atoms with van der Waals surface area (Å²) in [6.07, 6.45) is -0.361. The van der Waals surface area contributed by atoms with Crippen molar-refractivity contribution in [3.63, 3.8) is 0 Å². The van der Waals surface area contributed by atoms with Gasteiger partial charge in [0.15, 0.2) is 0 Å². The van der Waals surface area contributed by atoms with E-state index in [0.29, 0.717) is 6.54 Å². The van der Waals surface area contributed by atoms with E-state index in [2.05, 4.69) is 15.6 Å². The normalized spacial score (nSPS) is 12.2. The van der Waals surface area contributed by atoms with E-state index >= 15 is 0 Å². The molecule has 0 aliphatic rings. The molecule has 0 aliphatic heterocycles. The molecule has 0 saturated heterocycles. The molecule has 0 aliphatic carbocycles. The minimum Gasteiger partial charge on any atom is -0.392 e. The van der Waals surface area contributed by atoms with Crippen LogP contribution in [0.3, 0.4) is 0 Å². The third-order valence-corrected chi connectivity index (χ3v) is 1.58. The molecule has 0 spiro atoms. The first-order valence-corrected chi connectivity index (χ1v) is 4.29. The van der Waals surface area contributed by atoms with Gasteiger partial charge < -0.3 is 15.7 Å². The molecule has 1 aromatic heterocycles. The maximum absolute atomic E-state index is 9.03. The van der Waals surface area contributed by atoms with Gasteiger partial charge in [0.05, 0.1) is 6.10 Å². The van der Waals surface area contributed by atoms with E-state index in [9.17, 15) is 0 Å². The van der Waals surface area contributed by atoms with E-state index in [4.69, 9.17) is 5.11 Å². The fraction of sp³-hybridized carbons (Fsp3) is 0.444. The Kier molecular flexibility index (Phi) is 3.52. The summed E-state index contributed by atoms with van der Waals surface area (Å²) < 4.78 is 0. The molecule has 4 nitrogen and oxygen atoms in total. The number of nitrogens with zero attached hydrogens (tertiary/aromatic N) is 1. The maximum atomic E-state index is 9.03. The van der Waals surface area contributed by atoms with Crippen molar-refractivity contribution < 1.29 is 5.11 Å². The molecule has 0 aromatic carbocycles. The first-order chi connectivity index (χ1) is 6.22. The van der Waals surface area contributed by atoms with Crippen LogP contribution in [0.2, 0.25) is 0 Å². The topological polar surface area (TPSA) is 57.2 Å². The Morgan fingerprint density at radius 1 is 1.46 bits per heavy atom. The fourth-order valence-corrected chi connectivity index (χ4v) is 0.925. The van der Waals surface area contributed by atoms with Crippen LogP contribution in [0.5, 0.6) is 0 Å². The van der Waals surface area contributed by atoms with Crippen LogP contribution in [0.1, 0.15) is 6.92 Å². The minimum absolute atomic E-state index is 0.361. The van der Waals surface area contributed by atoms with Crippen LogP contribution >= 0.6 is 0 Å². The SMILES string of the molecule is CNc1cccc(NCC(C)O)n1. The van der Waals surface area contributed by atoms with Crippen LogP contribution in [0.25, 0.3) is 0 Å². The number of anilines is 2. The average Bonchev–Trinajstić information content (AvgIpc) is 2.15. The highest BCUT2D eigenvalue weighted by Gasteiger charge is 1.97. The molecule has 1 aromatic rings. The summed E-state index contributed by atoms with van der Waals surface area (Å²) in [5.41, 5.74) is 0. The van der Waals surface area contributed by atoms with Gasteiger partial charge in [0.2, 0.25) is 0 Å². The molecule has 0 bridgehead atoms. The number of aliphatic hydroxyl groups is 1. The summed E-state index contributed by atoms with van der Waals surface area (Å²) in [4.78, 5) is 4.23. The van der Waals surface area contributed by atoms with Gasteiger partial charge in [-0.3, -0.25) is 0 Å². The molecule has 0 saturated carbocycles. The minimum atomic E-state index is -0.361. The van der Waals surface area contributed by atoms with Crippen LogP contribution in [0.4, 0.5) is 11.6 Å². The van der Waals surface area contributed by atoms with Gasteiger partial charge in [-0.25, -0.2) is 4.98 Å². The van der Waals surface area contributed by atoms with Crippen molar-refractivity contribution in [3.05, 3.63) is 18.2 Å². The first-order valence-electron chi connectivity index (χ1n) is 4.29. The number of aliphatic hydroxyl groups excluding tert-OH is 1. The van der Waals surface area contributed by atoms with Crippen LogP contribution in [-0.4, -0.2) is 29.8 Å². The van der Waals surface area contributed by atoms with Gasteiger partial charge in [-0.15, -0.1) is 0 Å². The number of nitrogens with one attached hydrogen (secondary N) is 2. The molecule has 1 unspecified atom stereocenters. The lowest BCUT2D eigenvalue weighted by molar-refractivity contribution is 0.208. The van der Waals surface area contributed by atoms with Crippen molar-refractivity contribution in [2.24, 2.45) is 0 Å². The summed E-state index contributed by atoms with van der Waals surface area (Å²) in [6, 6.07) is 5.65. The molecule has 13 heavy (non-hydrogen) atoms. The summed E-state index contributed by atoms with van der Waals surface area (Å²) >= 11 is 0. The molecule has 1 atom stereocenters. The van der Waals surface area contributed by atoms with E-state index in [1.807, 2.05) is 25.2 Å². The number of pyridine rings is 1. The summed E-state index contributed by atoms with van der Waals surface area (Å²) in [5.74, 6) is 1.59. The Morgan fingerprint density at radius 3 is 2.77 bits per heavy atom. The second kappa shape index (κ2) is 4.67. The van der Waals surface area contributed by atoms with Crippen LogP contribution in [-0.2, 0) is 0 Å². The van der Waals surface area contributed by atoms with Crippen LogP contribution in [0, 0.1) is 0 Å². The molecule has 1 heterocycles. The molecule has 0 radical (unpaired) electrons. The van der Waals surface area contributed by atoms with E-state index in [0.717, 1.165) is 11.6 Å². The second-order valence-electron chi connectivity index (χ2n) is 2.89. The van der Waals surface area contributed by atoms with Gasteiger partial charge >= 0.3 is 0 Å². The second-order valence-corrected chi connectivity index (χ2v) is 2.89. The maximum Gasteiger partial charge on any atom is 0.128 e. The van der Waals surface area contributed by atoms with Crippen molar-refractivity contribution >= 4 is 11.6 Å². The molecule has 72 valence electrons. The zero-order valence-electron chi connectivity index (χ0n) is 7.91. The van der Waals surface area contributed by atoms with Gasteiger partial charge in [-0.2, -0.15) is 0 Å². The lowest BCUT2D eigenvalue weighted by Gasteiger charge is -2.08. The van der Waals surface area contributed by atoms with Crippen molar-refractivity contribution in [1.82, 2.24) is 4.98 Å². The third-order valence-electron chi connectivity index (χ3n) is 1.58. The highest BCUT2D eigenvalue weighted by atomic mass is 16.3. The van der Waals surface area contributed by atoms with Gasteiger partial charge in [-0.05, 0) is 19.1 Å². The Balaban J connectivity index is 2.56. The predicted octanol–water partition coefficient (Wildman–Crippen LogP) is 0.916. The van der Waals surface area contributed by atoms with Gasteiger partial charge in [0.1, 0.15) is 11.6 Å². The number of rotatable bonds is 4. The van der Waals surface area contributed by atoms with Gasteiger partial charge in [0.25, 0.3) is 0 Å². The zero-order chi connectivity index (χ0) is 9.68. The number of hydrogen-bond acceptors (Lipinski definition) is 4. The Hall–Kier alpha value is -1.29. The molecule has 0 fully saturated rings. The summed E-state index contributed by atoms with van der Waals surface area (Å²) in [6.45, 7) is 2.25. The monoisotopic (exact) mass is 181 g/mol. The van der Waals surface area contributed by atoms with Crippen molar-refractivity contribution in [3.8, 4) is 0 Å². The zero-order valence-corrected chi connectivity index (χ0v) is 7.91. The molecular formula is C9H15N3O. The quantitative estimate of drug-likeness (QED) is 0.646. The van der Waals surface area contributed by atoms with E-state index in [-0.39, 0.29) is 6.10 Å². The van der Waals surface area contributed by atoms with Crippen molar-refractivity contribution in [1.29, 1.82) is 0 Å². The van der Waals surface area contributed by atoms with Gasteiger partial charge in [-0.1, -0.05) is 6.07 Å². The Bertz CT molecular complexity index is 263. The van der Waals surface area contributed by atoms with Gasteiger partial charge in [0, 0.05) is 13.6 Å². The first kappa shape index (κ1) is 9.80. The van der Waals surface area contributed by atoms with Crippen molar-refractivity contribution in [2.75, 3.05) is 24.2 Å². The molecule has 0 amide bonds. The van der Waals surface area contributed by atoms with Crippen molar-refractivity contribution in [2.45, 2.75) is 13.0 Å². The lowest BCUT2D eigenvalue weighted by atomic mass is 10.4. The highest BCUT2D eigenvalue weighted by Crippen LogP contribution is 2.07. The standard InChI is InChI=1S/C9H15N3O/c1-7(13)6-11-9-5-3-4-8(10-2)12-9/h3-5,7,13H,6H2,1-2H3,(H2,10,11,12). The summed E-state index contributed by atoms with van der Waals surface area (Å²) in [5, 5.41) is 15.0. The smallest absolute Gasteiger partial charge is 0.128 e. The van der Waals surface area contributed by atoms with Crippen LogP contribution < -0.4 is 10.6 Å². The predicted molar refractivity (Wildman–Crippen MR) is 54.0 cm³/mol. The van der Waals surface area contributed by atoms with E-state index < -0.39 is 0 Å². The largest absolute Gasteiger partial charge is 0.392 e. The van der Waals surface area contributed by atoms with Crippen LogP contribution in [0.15, 0.2) is 18.2 Å². The lowest BCUT2D eigenvalue weighted by Crippen LogP contribution is -2.16. The van der Waals surface area contributed by atoms with E-state index in [1.165, 1.54) is 0 Å². The molecule has 1 rings (SSSR count). The average molecular weight is 181 g/mol. The number of hydrogen-bond donors (Lipinski definition) is 3. The molecular weight excluding hydrogens is 166 g/mol. The third kappa shape index (κ3) is 3.29. The highest BCUT2D eigenvalue weighted by molar-refractivity contribution is 5.44. The number of aromatic nitrogens is 1. The molecule has 4 heteroatoms. The fourth-order valence-electron chi connectivity index (χ4n) is 0.925. The van der Waals surface area contributed by atoms with E-state index in [1.54, 1.807) is 6.92 Å².